The molecule has 6 nitrogen and oxygen atoms in total. The van der Waals surface area contributed by atoms with E-state index in [9.17, 15) is 9.90 Å². The maximum atomic E-state index is 11.7. The smallest absolute Gasteiger partial charge is 0.236 e. The lowest BCUT2D eigenvalue weighted by Crippen LogP contribution is -2.28. The first-order valence-corrected chi connectivity index (χ1v) is 7.18. The van der Waals surface area contributed by atoms with Crippen LogP contribution in [0.4, 0.5) is 5.95 Å². The molecule has 2 fully saturated rings. The van der Waals surface area contributed by atoms with Crippen molar-refractivity contribution in [3.05, 3.63) is 5.82 Å². The van der Waals surface area contributed by atoms with Crippen molar-refractivity contribution in [1.82, 2.24) is 15.0 Å². The molecule has 1 N–H and O–H groups in total. The van der Waals surface area contributed by atoms with E-state index in [-0.39, 0.29) is 18.9 Å². The normalized spacial score (nSPS) is 23.8. The highest BCUT2D eigenvalue weighted by Gasteiger charge is 2.33. The van der Waals surface area contributed by atoms with Gasteiger partial charge in [0.05, 0.1) is 19.1 Å². The maximum absolute atomic E-state index is 11.7. The second-order valence-electron chi connectivity index (χ2n) is 4.62. The highest BCUT2D eigenvalue weighted by atomic mass is 32.2. The van der Waals surface area contributed by atoms with Crippen molar-refractivity contribution in [2.45, 2.75) is 36.4 Å². The Hall–Kier alpha value is -1.21. The number of carbonyl (C=O) groups is 1. The first-order valence-electron chi connectivity index (χ1n) is 5.95. The minimum atomic E-state index is -0.614. The Morgan fingerprint density at radius 3 is 2.67 bits per heavy atom. The number of aromatic nitrogens is 3. The van der Waals surface area contributed by atoms with Crippen LogP contribution in [-0.2, 0) is 4.79 Å². The summed E-state index contributed by atoms with van der Waals surface area (Å²) in [7, 11) is 0. The van der Waals surface area contributed by atoms with E-state index in [4.69, 9.17) is 0 Å². The molecule has 2 heterocycles. The zero-order chi connectivity index (χ0) is 12.7. The van der Waals surface area contributed by atoms with Crippen molar-refractivity contribution in [2.75, 3.05) is 17.7 Å². The monoisotopic (exact) mass is 266 g/mol. The van der Waals surface area contributed by atoms with Crippen LogP contribution in [0.3, 0.4) is 0 Å². The predicted molar refractivity (Wildman–Crippen MR) is 66.6 cm³/mol. The van der Waals surface area contributed by atoms with Gasteiger partial charge in [-0.05, 0) is 19.1 Å². The van der Waals surface area contributed by atoms with E-state index in [1.54, 1.807) is 0 Å². The largest absolute Gasteiger partial charge is 0.391 e. The predicted octanol–water partition coefficient (Wildman–Crippen LogP) is 0.569. The number of β-amino-alcohol motifs (C(OH)–C–C–N with tert-alkyl or cyclic N) is 1. The fraction of sp³-hybridized carbons (Fsp3) is 0.636. The Morgan fingerprint density at radius 1 is 1.33 bits per heavy atom. The van der Waals surface area contributed by atoms with E-state index in [1.165, 1.54) is 16.7 Å². The Labute approximate surface area is 109 Å². The molecule has 1 aliphatic carbocycles. The maximum Gasteiger partial charge on any atom is 0.236 e. The first-order chi connectivity index (χ1) is 8.67. The number of aliphatic hydroxyl groups is 1. The number of thioether (sulfide) groups is 1. The van der Waals surface area contributed by atoms with Crippen LogP contribution in [0.1, 0.15) is 31.0 Å². The van der Waals surface area contributed by atoms with Crippen LogP contribution in [0.15, 0.2) is 5.16 Å². The summed E-state index contributed by atoms with van der Waals surface area (Å²) < 4.78 is 0. The van der Waals surface area contributed by atoms with E-state index < -0.39 is 6.10 Å². The second-order valence-corrected chi connectivity index (χ2v) is 5.39. The Bertz CT molecular complexity index is 492. The lowest BCUT2D eigenvalue weighted by molar-refractivity contribution is -0.117. The number of hydrogen-bond donors (Lipinski definition) is 1. The molecule has 1 aliphatic heterocycles. The van der Waals surface area contributed by atoms with Gasteiger partial charge in [-0.3, -0.25) is 9.69 Å². The number of rotatable bonds is 3. The van der Waals surface area contributed by atoms with Gasteiger partial charge in [0.25, 0.3) is 0 Å². The van der Waals surface area contributed by atoms with Gasteiger partial charge in [-0.15, -0.1) is 0 Å². The van der Waals surface area contributed by atoms with Crippen molar-refractivity contribution in [1.29, 1.82) is 0 Å². The van der Waals surface area contributed by atoms with Crippen LogP contribution in [-0.4, -0.2) is 44.9 Å². The standard InChI is InChI=1S/C11H14N4O2S/c1-18-11-13-9(6-2-3-6)12-10(14-11)15-5-7(16)4-8(15)17/h6-7,16H,2-5H2,1H3. The highest BCUT2D eigenvalue weighted by molar-refractivity contribution is 7.98. The van der Waals surface area contributed by atoms with Crippen molar-refractivity contribution in [3.63, 3.8) is 0 Å². The molecule has 0 bridgehead atoms. The van der Waals surface area contributed by atoms with E-state index in [0.717, 1.165) is 18.7 Å². The van der Waals surface area contributed by atoms with E-state index in [2.05, 4.69) is 15.0 Å². The summed E-state index contributed by atoms with van der Waals surface area (Å²) in [6.45, 7) is 0.279. The topological polar surface area (TPSA) is 79.2 Å². The van der Waals surface area contributed by atoms with E-state index in [1.807, 2.05) is 6.26 Å². The van der Waals surface area contributed by atoms with Gasteiger partial charge in [0.15, 0.2) is 5.16 Å². The summed E-state index contributed by atoms with van der Waals surface area (Å²) in [5.41, 5.74) is 0. The fourth-order valence-corrected chi connectivity index (χ4v) is 2.34. The number of carbonyl (C=O) groups excluding carboxylic acids is 1. The summed E-state index contributed by atoms with van der Waals surface area (Å²) in [6, 6.07) is 0. The third-order valence-corrected chi connectivity index (χ3v) is 3.64. The SMILES string of the molecule is CSc1nc(C2CC2)nc(N2CC(O)CC2=O)n1. The molecule has 1 amide bonds. The molecule has 0 spiro atoms. The first kappa shape index (κ1) is 11.9. The summed E-state index contributed by atoms with van der Waals surface area (Å²) >= 11 is 1.44. The van der Waals surface area contributed by atoms with Crippen molar-refractivity contribution in [3.8, 4) is 0 Å². The van der Waals surface area contributed by atoms with Crippen molar-refractivity contribution in [2.24, 2.45) is 0 Å². The second kappa shape index (κ2) is 4.47. The number of nitrogens with zero attached hydrogens (tertiary/aromatic N) is 4. The summed E-state index contributed by atoms with van der Waals surface area (Å²) in [6.07, 6.45) is 3.65. The minimum absolute atomic E-state index is 0.123. The number of anilines is 1. The van der Waals surface area contributed by atoms with E-state index in [0.29, 0.717) is 17.0 Å². The summed E-state index contributed by atoms with van der Waals surface area (Å²) in [5, 5.41) is 10.1. The summed E-state index contributed by atoms with van der Waals surface area (Å²) in [4.78, 5) is 26.2. The molecule has 1 saturated heterocycles. The Morgan fingerprint density at radius 2 is 2.11 bits per heavy atom. The fourth-order valence-electron chi connectivity index (χ4n) is 1.98. The third kappa shape index (κ3) is 2.20. The minimum Gasteiger partial charge on any atom is -0.391 e. The van der Waals surface area contributed by atoms with Crippen LogP contribution < -0.4 is 4.90 Å². The van der Waals surface area contributed by atoms with Gasteiger partial charge in [-0.2, -0.15) is 9.97 Å². The number of aliphatic hydroxyl groups excluding tert-OH is 1. The van der Waals surface area contributed by atoms with Crippen molar-refractivity contribution >= 4 is 23.6 Å². The van der Waals surface area contributed by atoms with Gasteiger partial charge in [-0.1, -0.05) is 11.8 Å². The van der Waals surface area contributed by atoms with Gasteiger partial charge >= 0.3 is 0 Å². The molecular weight excluding hydrogens is 252 g/mol. The third-order valence-electron chi connectivity index (χ3n) is 3.09. The Balaban J connectivity index is 1.95. The molecular formula is C11H14N4O2S. The number of hydrogen-bond acceptors (Lipinski definition) is 6. The van der Waals surface area contributed by atoms with Gasteiger partial charge < -0.3 is 5.11 Å². The molecule has 96 valence electrons. The average molecular weight is 266 g/mol. The van der Waals surface area contributed by atoms with Gasteiger partial charge in [0.1, 0.15) is 5.82 Å². The molecule has 1 atom stereocenters. The molecule has 3 rings (SSSR count). The summed E-state index contributed by atoms with van der Waals surface area (Å²) in [5.74, 6) is 1.46. The lowest BCUT2D eigenvalue weighted by Gasteiger charge is -2.14. The lowest BCUT2D eigenvalue weighted by atomic mass is 10.3. The van der Waals surface area contributed by atoms with Gasteiger partial charge in [0, 0.05) is 5.92 Å². The molecule has 1 aromatic heterocycles. The van der Waals surface area contributed by atoms with Crippen LogP contribution in [0.2, 0.25) is 0 Å². The van der Waals surface area contributed by atoms with Crippen molar-refractivity contribution < 1.29 is 9.90 Å². The van der Waals surface area contributed by atoms with Gasteiger partial charge in [0.2, 0.25) is 11.9 Å². The quantitative estimate of drug-likeness (QED) is 0.806. The zero-order valence-corrected chi connectivity index (χ0v) is 10.9. The zero-order valence-electron chi connectivity index (χ0n) is 10.0. The van der Waals surface area contributed by atoms with Crippen LogP contribution in [0.5, 0.6) is 0 Å². The molecule has 1 saturated carbocycles. The molecule has 2 aliphatic rings. The Kier molecular flexibility index (Phi) is 2.95. The molecule has 1 unspecified atom stereocenters. The average Bonchev–Trinajstić information content (AvgIpc) is 3.14. The highest BCUT2D eigenvalue weighted by Crippen LogP contribution is 2.39. The number of amides is 1. The molecule has 0 radical (unpaired) electrons. The van der Waals surface area contributed by atoms with Crippen LogP contribution in [0, 0.1) is 0 Å². The van der Waals surface area contributed by atoms with Crippen LogP contribution in [0.25, 0.3) is 0 Å². The molecule has 1 aromatic rings. The van der Waals surface area contributed by atoms with Crippen LogP contribution >= 0.6 is 11.8 Å². The molecule has 7 heteroatoms. The molecule has 18 heavy (non-hydrogen) atoms. The van der Waals surface area contributed by atoms with Gasteiger partial charge in [-0.25, -0.2) is 4.98 Å². The van der Waals surface area contributed by atoms with E-state index >= 15 is 0 Å². The molecule has 0 aromatic carbocycles.